The van der Waals surface area contributed by atoms with E-state index in [0.29, 0.717) is 89.8 Å². The van der Waals surface area contributed by atoms with E-state index in [0.717, 1.165) is 158 Å². The minimum Gasteiger partial charge on any atom is -0.493 e. The van der Waals surface area contributed by atoms with E-state index < -0.39 is 0 Å². The molecular formula is C111H125Br5N6O14. The number of hydrogen-bond acceptors (Lipinski definition) is 14. The Bertz CT molecular complexity index is 5920. The monoisotopic (exact) mass is 2160 g/mol. The number of aliphatic hydroxyl groups is 1. The van der Waals surface area contributed by atoms with Crippen LogP contribution in [0.1, 0.15) is 200 Å². The summed E-state index contributed by atoms with van der Waals surface area (Å²) in [6, 6.07) is 72.5. The van der Waals surface area contributed by atoms with Gasteiger partial charge in [-0.25, -0.2) is 0 Å². The van der Waals surface area contributed by atoms with Crippen LogP contribution in [0.25, 0.3) is 0 Å². The Hall–Kier alpha value is -11.6. The summed E-state index contributed by atoms with van der Waals surface area (Å²) in [5.41, 5.74) is 22.7. The minimum atomic E-state index is -0.108. The summed E-state index contributed by atoms with van der Waals surface area (Å²) in [6.07, 6.45) is 5.09. The van der Waals surface area contributed by atoms with Gasteiger partial charge in [0.25, 0.3) is 0 Å². The van der Waals surface area contributed by atoms with Gasteiger partial charge in [-0.1, -0.05) is 162 Å². The second-order valence-corrected chi connectivity index (χ2v) is 36.7. The quantitative estimate of drug-likeness (QED) is 0.0198. The van der Waals surface area contributed by atoms with Gasteiger partial charge < -0.3 is 70.2 Å². The highest BCUT2D eigenvalue weighted by molar-refractivity contribution is 9.11. The number of anilines is 6. The molecule has 0 heterocycles. The van der Waals surface area contributed by atoms with E-state index in [9.17, 15) is 33.9 Å². The topological polar surface area (TPSA) is 259 Å². The van der Waals surface area contributed by atoms with Crippen LogP contribution < -0.4 is 65.1 Å². The maximum absolute atomic E-state index is 11.8. The van der Waals surface area contributed by atoms with Gasteiger partial charge in [-0.3, -0.25) is 28.8 Å². The zero-order chi connectivity index (χ0) is 98.9. The zero-order valence-corrected chi connectivity index (χ0v) is 88.3. The van der Waals surface area contributed by atoms with Crippen LogP contribution in [0.4, 0.5) is 34.1 Å². The highest BCUT2D eigenvalue weighted by Gasteiger charge is 2.28. The van der Waals surface area contributed by atoms with Gasteiger partial charge in [-0.15, -0.1) is 0 Å². The molecule has 1 aliphatic carbocycles. The van der Waals surface area contributed by atoms with Crippen molar-refractivity contribution in [2.24, 2.45) is 0 Å². The fourth-order valence-electron chi connectivity index (χ4n) is 13.6. The van der Waals surface area contributed by atoms with E-state index in [4.69, 9.17) is 33.2 Å². The number of aryl methyl sites for hydroxylation is 9. The van der Waals surface area contributed by atoms with Crippen molar-refractivity contribution in [1.29, 1.82) is 0 Å². The molecule has 0 aliphatic heterocycles. The van der Waals surface area contributed by atoms with Crippen LogP contribution in [0.15, 0.2) is 247 Å². The van der Waals surface area contributed by atoms with Gasteiger partial charge in [-0.05, 0) is 332 Å². The molecule has 0 atom stereocenters. The molecule has 1 fully saturated rings. The van der Waals surface area contributed by atoms with Crippen molar-refractivity contribution in [2.45, 2.75) is 214 Å². The summed E-state index contributed by atoms with van der Waals surface area (Å²) in [7, 11) is 0. The van der Waals surface area contributed by atoms with Crippen molar-refractivity contribution in [3.63, 3.8) is 0 Å². The molecule has 1 saturated carbocycles. The molecule has 25 heteroatoms. The Balaban J connectivity index is 0.000000201. The van der Waals surface area contributed by atoms with Crippen LogP contribution in [0.5, 0.6) is 40.2 Å². The van der Waals surface area contributed by atoms with Crippen molar-refractivity contribution in [1.82, 2.24) is 0 Å². The summed E-state index contributed by atoms with van der Waals surface area (Å²) >= 11 is 17.6. The molecule has 12 aromatic rings. The lowest BCUT2D eigenvalue weighted by Crippen LogP contribution is -2.13. The van der Waals surface area contributed by atoms with Gasteiger partial charge in [0.2, 0.25) is 35.4 Å². The molecule has 136 heavy (non-hydrogen) atoms. The number of carbonyl (C=O) groups is 6. The number of nitrogens with one attached hydrogen (secondary N) is 6. The van der Waals surface area contributed by atoms with Crippen LogP contribution in [-0.4, -0.2) is 47.2 Å². The Morgan fingerprint density at radius 1 is 0.272 bits per heavy atom. The number of rotatable bonds is 34. The first-order valence-electron chi connectivity index (χ1n) is 45.6. The van der Waals surface area contributed by atoms with Crippen molar-refractivity contribution < 1.29 is 67.0 Å². The largest absolute Gasteiger partial charge is 0.493 e. The third kappa shape index (κ3) is 35.5. The molecule has 12 aromatic carbocycles. The normalized spacial score (nSPS) is 10.9. The molecule has 718 valence electrons. The SMILES string of the molecule is CCC(=O)Nc1cccc(C)c1COc1ccc(C)cc1Br.CCC(=O)Nc1cccc(C)c1COc1ccc(C)cc1Br.CCC(=O)Nc1cccc(C2CC2)c1COc1ccc(C)cc1Br.CCC(=O)Nc1cccc(CO)c1COc1ccc(C)cc1Br.CCC(=O)Nc1ccccc1COc1ccc(C)cc1C.CCOc1cccc(NC(=O)CC)c1COc1ccc(C)cc1Br. The third-order valence-electron chi connectivity index (χ3n) is 21.5. The molecule has 0 unspecified atom stereocenters. The lowest BCUT2D eigenvalue weighted by atomic mass is 10.0. The Morgan fingerprint density at radius 2 is 0.551 bits per heavy atom. The first kappa shape index (κ1) is 110. The molecule has 0 spiro atoms. The van der Waals surface area contributed by atoms with Crippen LogP contribution in [0, 0.1) is 62.3 Å². The molecule has 6 amide bonds. The minimum absolute atomic E-state index is 0.00312. The Labute approximate surface area is 844 Å². The third-order valence-corrected chi connectivity index (χ3v) is 24.6. The number of halogens is 5. The first-order valence-corrected chi connectivity index (χ1v) is 49.5. The second kappa shape index (κ2) is 56.8. The standard InChI is InChI=1S/C20H22BrNO2.C19H22BrNO3.C18H20BrNO3.2C18H20BrNO2.C18H21NO2/c1-3-20(23)22-18-6-4-5-15(14-8-9-14)16(18)12-24-19-10-7-13(2)11-17(19)21;1-4-19(22)21-16-7-6-8-17(23-5-2)14(16)12-24-18-10-9-13(3)11-15(18)20;1-3-18(22)20-16-6-4-5-13(10-21)14(16)11-23-17-8-7-12(2)9-15(17)19;2*1-4-18(21)20-16-7-5-6-13(3)14(16)11-22-17-9-8-12(2)10-15(17)19;1-4-18(20)19-16-8-6-5-7-15(16)12-21-17-10-9-13(2)11-14(17)3/h4-7,10-11,14H,3,8-9,12H2,1-2H3,(H,22,23);6-11H,4-5,12H2,1-3H3,(H,21,22);4-9,21H,3,10-11H2,1-2H3,(H,20,22);2*5-10H,4,11H2,1-3H3,(H,20,21);5-11H,4,12H2,1-3H3,(H,19,20). The number of hydrogen-bond donors (Lipinski definition) is 7. The van der Waals surface area contributed by atoms with E-state index in [1.54, 1.807) is 6.92 Å². The van der Waals surface area contributed by atoms with Gasteiger partial charge in [0.05, 0.1) is 46.8 Å². The highest BCUT2D eigenvalue weighted by atomic mass is 79.9. The number of amides is 6. The van der Waals surface area contributed by atoms with E-state index in [2.05, 4.69) is 138 Å². The van der Waals surface area contributed by atoms with Crippen LogP contribution in [0.3, 0.4) is 0 Å². The van der Waals surface area contributed by atoms with Crippen molar-refractivity contribution in [3.8, 4) is 40.2 Å². The first-order chi connectivity index (χ1) is 65.3. The van der Waals surface area contributed by atoms with Gasteiger partial charge in [0, 0.05) is 94.8 Å². The number of benzene rings is 12. The van der Waals surface area contributed by atoms with Crippen molar-refractivity contribution in [3.05, 3.63) is 341 Å². The Morgan fingerprint density at radius 3 is 0.904 bits per heavy atom. The molecule has 1 aliphatic rings. The summed E-state index contributed by atoms with van der Waals surface area (Å²) < 4.78 is 45.8. The molecule has 7 N–H and O–H groups in total. The smallest absolute Gasteiger partial charge is 0.224 e. The molecule has 0 aromatic heterocycles. The zero-order valence-electron chi connectivity index (χ0n) is 80.4. The average Bonchev–Trinajstić information content (AvgIpc) is 1.47. The molecule has 0 radical (unpaired) electrons. The van der Waals surface area contributed by atoms with Gasteiger partial charge >= 0.3 is 0 Å². The average molecular weight is 2170 g/mol. The summed E-state index contributed by atoms with van der Waals surface area (Å²) in [4.78, 5) is 70.1. The number of ether oxygens (including phenoxy) is 7. The number of para-hydroxylation sites is 1. The maximum atomic E-state index is 11.8. The van der Waals surface area contributed by atoms with Crippen LogP contribution in [-0.2, 0) is 75.0 Å². The Kier molecular flexibility index (Phi) is 45.8. The fraction of sp³-hybridized carbons (Fsp3) is 0.297. The highest BCUT2D eigenvalue weighted by Crippen LogP contribution is 2.44. The molecule has 20 nitrogen and oxygen atoms in total. The maximum Gasteiger partial charge on any atom is 0.224 e. The number of carbonyl (C=O) groups excluding carboxylic acids is 6. The predicted molar refractivity (Wildman–Crippen MR) is 567 cm³/mol. The number of aliphatic hydroxyl groups excluding tert-OH is 1. The summed E-state index contributed by atoms with van der Waals surface area (Å²) in [5, 5.41) is 27.1. The van der Waals surface area contributed by atoms with Gasteiger partial charge in [0.1, 0.15) is 79.9 Å². The summed E-state index contributed by atoms with van der Waals surface area (Å²) in [6.45, 7) is 33.9. The van der Waals surface area contributed by atoms with Crippen LogP contribution >= 0.6 is 79.6 Å². The van der Waals surface area contributed by atoms with Gasteiger partial charge in [-0.2, -0.15) is 0 Å². The molecule has 13 rings (SSSR count). The van der Waals surface area contributed by atoms with E-state index in [1.165, 1.54) is 40.7 Å². The van der Waals surface area contributed by atoms with E-state index in [-0.39, 0.29) is 48.7 Å². The summed E-state index contributed by atoms with van der Waals surface area (Å²) in [5.74, 6) is 5.99. The fourth-order valence-corrected chi connectivity index (χ4v) is 16.6. The molecule has 0 saturated heterocycles. The lowest BCUT2D eigenvalue weighted by Gasteiger charge is -2.17. The van der Waals surface area contributed by atoms with E-state index in [1.807, 2.05) is 302 Å². The molecule has 0 bridgehead atoms. The van der Waals surface area contributed by atoms with Crippen molar-refractivity contribution in [2.75, 3.05) is 38.5 Å². The second-order valence-electron chi connectivity index (χ2n) is 32.4. The van der Waals surface area contributed by atoms with Gasteiger partial charge in [0.15, 0.2) is 0 Å². The van der Waals surface area contributed by atoms with E-state index >= 15 is 0 Å². The predicted octanol–water partition coefficient (Wildman–Crippen LogP) is 29.0. The molecular weight excluding hydrogens is 2040 g/mol. The van der Waals surface area contributed by atoms with Crippen molar-refractivity contribution >= 4 is 149 Å². The lowest BCUT2D eigenvalue weighted by molar-refractivity contribution is -0.116. The van der Waals surface area contributed by atoms with Crippen LogP contribution in [0.2, 0.25) is 0 Å².